The summed E-state index contributed by atoms with van der Waals surface area (Å²) in [7, 11) is 0. The second-order valence-corrected chi connectivity index (χ2v) is 3.55. The van der Waals surface area contributed by atoms with Crippen molar-refractivity contribution in [1.29, 1.82) is 5.26 Å². The molecule has 0 atom stereocenters. The third-order valence-corrected chi connectivity index (χ3v) is 2.20. The molecule has 1 heterocycles. The predicted molar refractivity (Wildman–Crippen MR) is 66.9 cm³/mol. The summed E-state index contributed by atoms with van der Waals surface area (Å²) in [5, 5.41) is 6.25. The molecule has 0 bridgehead atoms. The van der Waals surface area contributed by atoms with Crippen LogP contribution in [0.25, 0.3) is 11.3 Å². The molecule has 3 nitrogen and oxygen atoms in total. The van der Waals surface area contributed by atoms with Crippen LogP contribution in [0.3, 0.4) is 0 Å². The van der Waals surface area contributed by atoms with Gasteiger partial charge in [-0.3, -0.25) is 0 Å². The van der Waals surface area contributed by atoms with Gasteiger partial charge in [0.05, 0.1) is 0 Å². The van der Waals surface area contributed by atoms with Crippen molar-refractivity contribution in [2.75, 3.05) is 0 Å². The Morgan fingerprint density at radius 1 is 1.22 bits per heavy atom. The van der Waals surface area contributed by atoms with E-state index in [-0.39, 0.29) is 20.1 Å². The first-order valence-electron chi connectivity index (χ1n) is 4.38. The monoisotopic (exact) mass is 479 g/mol. The number of hydrogen-bond donors (Lipinski definition) is 0. The Labute approximate surface area is 128 Å². The fourth-order valence-corrected chi connectivity index (χ4v) is 1.47. The van der Waals surface area contributed by atoms with Gasteiger partial charge in [-0.05, 0) is 11.8 Å². The van der Waals surface area contributed by atoms with Crippen LogP contribution in [0.1, 0.15) is 0 Å². The van der Waals surface area contributed by atoms with Crippen molar-refractivity contribution in [3.05, 3.63) is 59.7 Å². The fraction of sp³-hybridized carbons (Fsp3) is 0. The average molecular weight is 479 g/mol. The minimum atomic E-state index is 0. The van der Waals surface area contributed by atoms with E-state index in [2.05, 4.69) is 33.8 Å². The number of aromatic nitrogens is 1. The minimum absolute atomic E-state index is 0. The first-order chi connectivity index (χ1) is 8.36. The van der Waals surface area contributed by atoms with E-state index >= 15 is 0 Å². The normalized spacial score (nSPS) is 7.50. The number of benzene rings is 1. The van der Waals surface area contributed by atoms with Gasteiger partial charge in [0.15, 0.2) is 0 Å². The first-order valence-corrected chi connectivity index (χ1v) is 5.17. The molecule has 0 aliphatic heterocycles. The molecule has 0 fully saturated rings. The zero-order valence-corrected chi connectivity index (χ0v) is 13.0. The summed E-state index contributed by atoms with van der Waals surface area (Å²) in [6, 6.07) is 14.8. The van der Waals surface area contributed by atoms with Crippen LogP contribution in [0, 0.1) is 17.9 Å². The number of carbonyl (C=O) groups excluding carboxylic acids is 1. The Balaban J connectivity index is 0. The van der Waals surface area contributed by atoms with Crippen LogP contribution in [-0.2, 0) is 24.9 Å². The Morgan fingerprint density at radius 2 is 1.89 bits per heavy atom. The number of halogens is 1. The maximum absolute atomic E-state index is 7.50. The van der Waals surface area contributed by atoms with Crippen molar-refractivity contribution >= 4 is 22.7 Å². The molecule has 5 heteroatoms. The van der Waals surface area contributed by atoms with Crippen LogP contribution in [0.5, 0.6) is 0 Å². The molecule has 2 aromatic rings. The smallest absolute Gasteiger partial charge is 0.573 e. The van der Waals surface area contributed by atoms with Crippen LogP contribution < -0.4 is 0 Å². The van der Waals surface area contributed by atoms with Crippen molar-refractivity contribution < 1.29 is 24.9 Å². The van der Waals surface area contributed by atoms with E-state index in [1.807, 2.05) is 36.4 Å². The summed E-state index contributed by atoms with van der Waals surface area (Å²) in [5.41, 5.74) is 1.96. The van der Waals surface area contributed by atoms with Crippen LogP contribution in [0.2, 0.25) is 0 Å². The third kappa shape index (κ3) is 6.41. The minimum Gasteiger partial charge on any atom is -0.573 e. The number of hydrogen-bond acceptors (Lipinski definition) is 3. The van der Waals surface area contributed by atoms with Gasteiger partial charge in [0, 0.05) is 6.20 Å². The van der Waals surface area contributed by atoms with E-state index in [1.165, 1.54) is 0 Å². The second kappa shape index (κ2) is 12.1. The summed E-state index contributed by atoms with van der Waals surface area (Å²) in [4.78, 5) is 11.7. The van der Waals surface area contributed by atoms with E-state index in [0.29, 0.717) is 0 Å². The molecule has 18 heavy (non-hydrogen) atoms. The van der Waals surface area contributed by atoms with Crippen molar-refractivity contribution in [3.8, 4) is 11.3 Å². The standard InChI is InChI=1S/C11H7BrN.CN.CO.Ir/c12-10-5-3-4-9(8-10)11-6-1-2-7-13-11;2*1-2;/h1-3,5-8H;;;/q3*-1;+3. The van der Waals surface area contributed by atoms with Crippen molar-refractivity contribution in [2.24, 2.45) is 0 Å². The topological polar surface area (TPSA) is 53.8 Å². The first kappa shape index (κ1) is 19.0. The van der Waals surface area contributed by atoms with E-state index in [9.17, 15) is 0 Å². The van der Waals surface area contributed by atoms with Gasteiger partial charge in [-0.1, -0.05) is 32.5 Å². The summed E-state index contributed by atoms with van der Waals surface area (Å²) in [6.45, 7) is 9.25. The van der Waals surface area contributed by atoms with Crippen molar-refractivity contribution in [3.63, 3.8) is 0 Å². The second-order valence-electron chi connectivity index (χ2n) is 2.64. The SMILES string of the molecule is Brc1cc[c-]c(-c2ccccn2)c1.[C-]#N.[C-]=O.[Ir+3]. The van der Waals surface area contributed by atoms with E-state index in [4.69, 9.17) is 16.6 Å². The summed E-state index contributed by atoms with van der Waals surface area (Å²) in [5.74, 6) is 0. The molecule has 0 aliphatic rings. The largest absolute Gasteiger partial charge is 3.00 e. The molecule has 1 aromatic carbocycles. The van der Waals surface area contributed by atoms with Gasteiger partial charge < -0.3 is 28.4 Å². The van der Waals surface area contributed by atoms with Gasteiger partial charge >= 0.3 is 20.1 Å². The van der Waals surface area contributed by atoms with Gasteiger partial charge in [0.2, 0.25) is 0 Å². The summed E-state index contributed by atoms with van der Waals surface area (Å²) >= 11 is 3.41. The Hall–Kier alpha value is -1.34. The Kier molecular flexibility index (Phi) is 12.8. The number of pyridine rings is 1. The summed E-state index contributed by atoms with van der Waals surface area (Å²) < 4.78 is 1.05. The van der Waals surface area contributed by atoms with Crippen molar-refractivity contribution in [1.82, 2.24) is 4.98 Å². The predicted octanol–water partition coefficient (Wildman–Crippen LogP) is 3.01. The molecule has 1 aromatic heterocycles. The molecule has 0 aliphatic carbocycles. The maximum atomic E-state index is 7.50. The molecule has 1 radical (unpaired) electrons. The number of rotatable bonds is 1. The van der Waals surface area contributed by atoms with Crippen LogP contribution >= 0.6 is 15.9 Å². The molecule has 0 saturated carbocycles. The Bertz CT molecular complexity index is 463. The molecule has 0 N–H and O–H groups in total. The zero-order valence-electron chi connectivity index (χ0n) is 9.06. The Morgan fingerprint density at radius 3 is 2.39 bits per heavy atom. The average Bonchev–Trinajstić information content (AvgIpc) is 2.44. The van der Waals surface area contributed by atoms with E-state index in [1.54, 1.807) is 6.20 Å². The van der Waals surface area contributed by atoms with Crippen molar-refractivity contribution in [2.45, 2.75) is 0 Å². The molecule has 0 amide bonds. The van der Waals surface area contributed by atoms with Gasteiger partial charge in [-0.2, -0.15) is 0 Å². The fourth-order valence-electron chi connectivity index (χ4n) is 1.11. The van der Waals surface area contributed by atoms with Gasteiger partial charge in [-0.25, -0.2) is 0 Å². The summed E-state index contributed by atoms with van der Waals surface area (Å²) in [6.07, 6.45) is 1.78. The van der Waals surface area contributed by atoms with Crippen LogP contribution in [-0.4, -0.2) is 11.8 Å². The molecule has 2 rings (SSSR count). The van der Waals surface area contributed by atoms with Gasteiger partial charge in [0.25, 0.3) is 0 Å². The quantitative estimate of drug-likeness (QED) is 0.592. The van der Waals surface area contributed by atoms with E-state index in [0.717, 1.165) is 15.7 Å². The molecule has 91 valence electrons. The molecular weight excluding hydrogens is 472 g/mol. The molecular formula is C13H7BrIrN2O. The maximum Gasteiger partial charge on any atom is 3.00 e. The molecule has 0 unspecified atom stereocenters. The van der Waals surface area contributed by atoms with Crippen LogP contribution in [0.15, 0.2) is 47.1 Å². The third-order valence-electron chi connectivity index (χ3n) is 1.70. The molecule has 0 saturated heterocycles. The van der Waals surface area contributed by atoms with Gasteiger partial charge in [-0.15, -0.1) is 29.8 Å². The van der Waals surface area contributed by atoms with E-state index < -0.39 is 0 Å². The van der Waals surface area contributed by atoms with Crippen LogP contribution in [0.4, 0.5) is 0 Å². The van der Waals surface area contributed by atoms with Gasteiger partial charge in [0.1, 0.15) is 0 Å². The molecule has 0 spiro atoms. The zero-order chi connectivity index (χ0) is 13.1. The number of nitrogens with zero attached hydrogens (tertiary/aromatic N) is 2.